The zero-order valence-corrected chi connectivity index (χ0v) is 18.3. The van der Waals surface area contributed by atoms with Crippen molar-refractivity contribution in [3.8, 4) is 0 Å². The first-order valence-electron chi connectivity index (χ1n) is 11.1. The van der Waals surface area contributed by atoms with E-state index in [-0.39, 0.29) is 5.56 Å². The summed E-state index contributed by atoms with van der Waals surface area (Å²) in [5.74, 6) is 0.927. The highest BCUT2D eigenvalue weighted by Gasteiger charge is 2.35. The standard InChI is InChI=1S/C23H30N6O2/c1-3-27-14-21(24-16-27)15-28-9-17-8-19(12-28)22-5-4-18(23(30)29(22)10-17)11-26(2)13-20-6-7-31-25-20/h4-7,14,16-17,19H,3,8-13,15H2,1-2H3/t17-,19+/m0/s1. The van der Waals surface area contributed by atoms with Crippen molar-refractivity contribution in [3.05, 3.63) is 70.0 Å². The summed E-state index contributed by atoms with van der Waals surface area (Å²) < 4.78 is 9.07. The molecule has 0 unspecified atom stereocenters. The molecule has 0 aliphatic carbocycles. The highest BCUT2D eigenvalue weighted by atomic mass is 16.5. The lowest BCUT2D eigenvalue weighted by Gasteiger charge is -2.42. The van der Waals surface area contributed by atoms with E-state index in [1.54, 1.807) is 6.26 Å². The largest absolute Gasteiger partial charge is 0.364 e. The van der Waals surface area contributed by atoms with E-state index in [0.717, 1.165) is 49.7 Å². The minimum atomic E-state index is 0.161. The highest BCUT2D eigenvalue weighted by Crippen LogP contribution is 2.35. The Balaban J connectivity index is 1.30. The number of fused-ring (bicyclic) bond motifs is 4. The van der Waals surface area contributed by atoms with Crippen molar-refractivity contribution in [2.45, 2.75) is 52.0 Å². The van der Waals surface area contributed by atoms with Gasteiger partial charge in [0.05, 0.1) is 17.7 Å². The van der Waals surface area contributed by atoms with Gasteiger partial charge in [0.25, 0.3) is 5.56 Å². The summed E-state index contributed by atoms with van der Waals surface area (Å²) in [5.41, 5.74) is 4.20. The number of piperidine rings is 1. The molecule has 3 aromatic heterocycles. The molecule has 1 saturated heterocycles. The Morgan fingerprint density at radius 1 is 1.16 bits per heavy atom. The fraction of sp³-hybridized carbons (Fsp3) is 0.522. The molecule has 31 heavy (non-hydrogen) atoms. The van der Waals surface area contributed by atoms with Crippen molar-refractivity contribution in [1.29, 1.82) is 0 Å². The Morgan fingerprint density at radius 3 is 2.84 bits per heavy atom. The van der Waals surface area contributed by atoms with Gasteiger partial charge >= 0.3 is 0 Å². The predicted molar refractivity (Wildman–Crippen MR) is 116 cm³/mol. The normalized spacial score (nSPS) is 20.9. The molecule has 2 aliphatic rings. The fourth-order valence-corrected chi connectivity index (χ4v) is 5.17. The minimum absolute atomic E-state index is 0.161. The fourth-order valence-electron chi connectivity index (χ4n) is 5.17. The van der Waals surface area contributed by atoms with E-state index < -0.39 is 0 Å². The number of aryl methyl sites for hydroxylation is 1. The van der Waals surface area contributed by atoms with Crippen LogP contribution in [0.3, 0.4) is 0 Å². The Hall–Kier alpha value is -2.71. The van der Waals surface area contributed by atoms with Crippen LogP contribution in [0.1, 0.15) is 41.9 Å². The molecule has 0 spiro atoms. The van der Waals surface area contributed by atoms with Crippen molar-refractivity contribution in [2.24, 2.45) is 5.92 Å². The maximum Gasteiger partial charge on any atom is 0.255 e. The number of likely N-dealkylation sites (tertiary alicyclic amines) is 1. The van der Waals surface area contributed by atoms with E-state index in [9.17, 15) is 4.79 Å². The minimum Gasteiger partial charge on any atom is -0.364 e. The molecule has 0 aromatic carbocycles. The van der Waals surface area contributed by atoms with E-state index in [0.29, 0.717) is 24.9 Å². The predicted octanol–water partition coefficient (Wildman–Crippen LogP) is 2.30. The number of nitrogens with zero attached hydrogens (tertiary/aromatic N) is 6. The van der Waals surface area contributed by atoms with Gasteiger partial charge in [-0.3, -0.25) is 14.6 Å². The molecule has 2 aliphatic heterocycles. The van der Waals surface area contributed by atoms with Crippen LogP contribution in [0, 0.1) is 5.92 Å². The average Bonchev–Trinajstić information content (AvgIpc) is 3.42. The maximum absolute atomic E-state index is 13.3. The zero-order valence-electron chi connectivity index (χ0n) is 18.3. The van der Waals surface area contributed by atoms with Crippen LogP contribution in [0.5, 0.6) is 0 Å². The molecule has 8 heteroatoms. The number of aromatic nitrogens is 4. The summed E-state index contributed by atoms with van der Waals surface area (Å²) in [7, 11) is 2.00. The van der Waals surface area contributed by atoms with Crippen LogP contribution < -0.4 is 5.56 Å². The van der Waals surface area contributed by atoms with Gasteiger partial charge in [0.15, 0.2) is 0 Å². The Bertz CT molecular complexity index is 1090. The van der Waals surface area contributed by atoms with Crippen molar-refractivity contribution < 1.29 is 4.52 Å². The molecule has 0 radical (unpaired) electrons. The number of imidazole rings is 1. The molecule has 164 valence electrons. The van der Waals surface area contributed by atoms with E-state index in [4.69, 9.17) is 4.52 Å². The first-order valence-corrected chi connectivity index (χ1v) is 11.1. The van der Waals surface area contributed by atoms with Crippen LogP contribution in [0.25, 0.3) is 0 Å². The number of pyridine rings is 1. The third-order valence-corrected chi connectivity index (χ3v) is 6.56. The average molecular weight is 423 g/mol. The lowest BCUT2D eigenvalue weighted by molar-refractivity contribution is 0.113. The summed E-state index contributed by atoms with van der Waals surface area (Å²) in [6.07, 6.45) is 6.81. The van der Waals surface area contributed by atoms with Crippen LogP contribution in [-0.2, 0) is 32.7 Å². The van der Waals surface area contributed by atoms with Gasteiger partial charge in [-0.1, -0.05) is 11.2 Å². The molecule has 0 saturated carbocycles. The molecule has 2 bridgehead atoms. The maximum atomic E-state index is 13.3. The monoisotopic (exact) mass is 422 g/mol. The molecule has 1 fully saturated rings. The quantitative estimate of drug-likeness (QED) is 0.582. The van der Waals surface area contributed by atoms with Gasteiger partial charge in [-0.2, -0.15) is 0 Å². The molecular weight excluding hydrogens is 392 g/mol. The number of rotatable bonds is 7. The van der Waals surface area contributed by atoms with Crippen LogP contribution in [0.4, 0.5) is 0 Å². The van der Waals surface area contributed by atoms with E-state index >= 15 is 0 Å². The third-order valence-electron chi connectivity index (χ3n) is 6.56. The SMILES string of the molecule is CCn1cnc(CN2C[C@@H]3C[C@H](C2)c2ccc(CN(C)Cc4ccon4)c(=O)n2C3)c1. The van der Waals surface area contributed by atoms with Crippen LogP contribution in [0.15, 0.2) is 46.3 Å². The van der Waals surface area contributed by atoms with Crippen LogP contribution in [-0.4, -0.2) is 49.2 Å². The van der Waals surface area contributed by atoms with Gasteiger partial charge in [0, 0.05) is 75.3 Å². The Morgan fingerprint density at radius 2 is 2.06 bits per heavy atom. The van der Waals surface area contributed by atoms with E-state index in [1.165, 1.54) is 12.1 Å². The summed E-state index contributed by atoms with van der Waals surface area (Å²) >= 11 is 0. The van der Waals surface area contributed by atoms with Crippen LogP contribution in [0.2, 0.25) is 0 Å². The highest BCUT2D eigenvalue weighted by molar-refractivity contribution is 5.22. The second-order valence-corrected chi connectivity index (χ2v) is 9.05. The van der Waals surface area contributed by atoms with E-state index in [1.807, 2.05) is 30.1 Å². The van der Waals surface area contributed by atoms with Gasteiger partial charge in [-0.25, -0.2) is 4.98 Å². The van der Waals surface area contributed by atoms with Crippen molar-refractivity contribution >= 4 is 0 Å². The van der Waals surface area contributed by atoms with Crippen LogP contribution >= 0.6 is 0 Å². The second-order valence-electron chi connectivity index (χ2n) is 9.05. The summed E-state index contributed by atoms with van der Waals surface area (Å²) in [6.45, 7) is 8.05. The lowest BCUT2D eigenvalue weighted by atomic mass is 9.83. The van der Waals surface area contributed by atoms with Gasteiger partial charge in [-0.05, 0) is 32.4 Å². The molecule has 0 N–H and O–H groups in total. The first kappa shape index (κ1) is 20.2. The lowest BCUT2D eigenvalue weighted by Crippen LogP contribution is -2.47. The number of hydrogen-bond acceptors (Lipinski definition) is 6. The zero-order chi connectivity index (χ0) is 21.4. The molecule has 3 aromatic rings. The summed E-state index contributed by atoms with van der Waals surface area (Å²) in [4.78, 5) is 22.4. The molecule has 2 atom stereocenters. The summed E-state index contributed by atoms with van der Waals surface area (Å²) in [5, 5.41) is 3.96. The third kappa shape index (κ3) is 4.22. The second kappa shape index (κ2) is 8.43. The Kier molecular flexibility index (Phi) is 5.50. The van der Waals surface area contributed by atoms with Crippen molar-refractivity contribution in [3.63, 3.8) is 0 Å². The van der Waals surface area contributed by atoms with Gasteiger partial charge in [0.2, 0.25) is 0 Å². The number of hydrogen-bond donors (Lipinski definition) is 0. The van der Waals surface area contributed by atoms with Gasteiger partial charge in [-0.15, -0.1) is 0 Å². The summed E-state index contributed by atoms with van der Waals surface area (Å²) in [6, 6.07) is 6.06. The molecule has 5 heterocycles. The molecule has 5 rings (SSSR count). The van der Waals surface area contributed by atoms with Gasteiger partial charge < -0.3 is 13.7 Å². The Labute approximate surface area is 182 Å². The molecule has 0 amide bonds. The molecular formula is C23H30N6O2. The van der Waals surface area contributed by atoms with Crippen molar-refractivity contribution in [1.82, 2.24) is 29.1 Å². The molecule has 8 nitrogen and oxygen atoms in total. The van der Waals surface area contributed by atoms with Crippen molar-refractivity contribution in [2.75, 3.05) is 20.1 Å². The first-order chi connectivity index (χ1) is 15.1. The van der Waals surface area contributed by atoms with E-state index in [2.05, 4.69) is 43.7 Å². The van der Waals surface area contributed by atoms with Gasteiger partial charge in [0.1, 0.15) is 6.26 Å². The topological polar surface area (TPSA) is 72.3 Å². The smallest absolute Gasteiger partial charge is 0.255 e.